The molecule has 0 radical (unpaired) electrons. The summed E-state index contributed by atoms with van der Waals surface area (Å²) >= 11 is 0. The molecule has 0 bridgehead atoms. The van der Waals surface area contributed by atoms with Crippen molar-refractivity contribution in [3.05, 3.63) is 18.0 Å². The third kappa shape index (κ3) is 3.30. The zero-order valence-corrected chi connectivity index (χ0v) is 10.9. The van der Waals surface area contributed by atoms with E-state index >= 15 is 0 Å². The van der Waals surface area contributed by atoms with Gasteiger partial charge in [-0.3, -0.25) is 0 Å². The largest absolute Gasteiger partial charge is 0.433 e. The van der Waals surface area contributed by atoms with Crippen LogP contribution in [-0.2, 0) is 6.18 Å². The van der Waals surface area contributed by atoms with Gasteiger partial charge in [0.25, 0.3) is 0 Å². The number of anilines is 2. The fourth-order valence-electron chi connectivity index (χ4n) is 2.62. The summed E-state index contributed by atoms with van der Waals surface area (Å²) in [5, 5.41) is 0. The minimum atomic E-state index is -4.43. The first-order valence-corrected chi connectivity index (χ1v) is 6.42. The number of halogens is 3. The molecule has 19 heavy (non-hydrogen) atoms. The zero-order chi connectivity index (χ0) is 14.0. The molecule has 1 fully saturated rings. The highest BCUT2D eigenvalue weighted by Crippen LogP contribution is 2.33. The van der Waals surface area contributed by atoms with Gasteiger partial charge < -0.3 is 10.6 Å². The van der Waals surface area contributed by atoms with Gasteiger partial charge in [0.15, 0.2) is 0 Å². The monoisotopic (exact) mass is 273 g/mol. The van der Waals surface area contributed by atoms with E-state index in [0.717, 1.165) is 31.6 Å². The lowest BCUT2D eigenvalue weighted by Gasteiger charge is -2.25. The van der Waals surface area contributed by atoms with Crippen molar-refractivity contribution in [1.29, 1.82) is 0 Å². The predicted molar refractivity (Wildman–Crippen MR) is 68.9 cm³/mol. The minimum Gasteiger partial charge on any atom is -0.396 e. The van der Waals surface area contributed by atoms with Crippen molar-refractivity contribution >= 4 is 11.4 Å². The fraction of sp³-hybridized carbons (Fsp3) is 0.615. The number of nitrogens with zero attached hydrogens (tertiary/aromatic N) is 2. The zero-order valence-electron chi connectivity index (χ0n) is 10.9. The Morgan fingerprint density at radius 1 is 1.37 bits per heavy atom. The molecule has 0 atom stereocenters. The Labute approximate surface area is 110 Å². The molecule has 106 valence electrons. The average molecular weight is 273 g/mol. The van der Waals surface area contributed by atoms with Crippen molar-refractivity contribution in [3.8, 4) is 0 Å². The number of hydrogen-bond donors (Lipinski definition) is 1. The Hall–Kier alpha value is -1.46. The molecule has 6 heteroatoms. The maximum atomic E-state index is 12.6. The first kappa shape index (κ1) is 14.0. The van der Waals surface area contributed by atoms with Crippen molar-refractivity contribution in [2.75, 3.05) is 24.2 Å². The van der Waals surface area contributed by atoms with Crippen LogP contribution in [0.1, 0.15) is 31.4 Å². The lowest BCUT2D eigenvalue weighted by atomic mass is 10.1. The molecule has 0 saturated heterocycles. The summed E-state index contributed by atoms with van der Waals surface area (Å²) in [6.45, 7) is 0.742. The van der Waals surface area contributed by atoms with E-state index < -0.39 is 11.9 Å². The molecule has 0 unspecified atom stereocenters. The summed E-state index contributed by atoms with van der Waals surface area (Å²) in [6.07, 6.45) is 1.35. The number of hydrogen-bond acceptors (Lipinski definition) is 3. The van der Waals surface area contributed by atoms with E-state index in [1.165, 1.54) is 12.8 Å². The lowest BCUT2D eigenvalue weighted by molar-refractivity contribution is -0.141. The van der Waals surface area contributed by atoms with Gasteiger partial charge in [-0.2, -0.15) is 13.2 Å². The Morgan fingerprint density at radius 3 is 2.58 bits per heavy atom. The van der Waals surface area contributed by atoms with E-state index in [2.05, 4.69) is 4.98 Å². The van der Waals surface area contributed by atoms with Crippen molar-refractivity contribution in [2.24, 2.45) is 5.92 Å². The Kier molecular flexibility index (Phi) is 3.87. The molecule has 0 aliphatic heterocycles. The Bertz CT molecular complexity index is 439. The van der Waals surface area contributed by atoms with Gasteiger partial charge in [0, 0.05) is 13.6 Å². The molecule has 1 aliphatic carbocycles. The normalized spacial score (nSPS) is 16.8. The molecule has 3 nitrogen and oxygen atoms in total. The van der Waals surface area contributed by atoms with Crippen LogP contribution in [0.15, 0.2) is 12.3 Å². The number of nitrogens with two attached hydrogens (primary N) is 1. The third-order valence-electron chi connectivity index (χ3n) is 3.62. The van der Waals surface area contributed by atoms with Crippen LogP contribution in [0.25, 0.3) is 0 Å². The second-order valence-corrected chi connectivity index (χ2v) is 5.16. The van der Waals surface area contributed by atoms with Crippen molar-refractivity contribution < 1.29 is 13.2 Å². The highest BCUT2D eigenvalue weighted by atomic mass is 19.4. The average Bonchev–Trinajstić information content (AvgIpc) is 2.80. The van der Waals surface area contributed by atoms with Crippen LogP contribution in [0.2, 0.25) is 0 Å². The van der Waals surface area contributed by atoms with E-state index in [9.17, 15) is 13.2 Å². The number of pyridine rings is 1. The van der Waals surface area contributed by atoms with Gasteiger partial charge in [0.05, 0.1) is 17.6 Å². The van der Waals surface area contributed by atoms with E-state index in [0.29, 0.717) is 11.6 Å². The van der Waals surface area contributed by atoms with Gasteiger partial charge in [-0.1, -0.05) is 12.8 Å². The topological polar surface area (TPSA) is 42.2 Å². The van der Waals surface area contributed by atoms with E-state index in [-0.39, 0.29) is 5.69 Å². The molecule has 2 N–H and O–H groups in total. The van der Waals surface area contributed by atoms with Gasteiger partial charge in [-0.05, 0) is 24.8 Å². The van der Waals surface area contributed by atoms with Crippen LogP contribution in [0.5, 0.6) is 0 Å². The molecule has 1 saturated carbocycles. The maximum Gasteiger partial charge on any atom is 0.433 e. The van der Waals surface area contributed by atoms with Crippen LogP contribution in [0.4, 0.5) is 24.5 Å². The summed E-state index contributed by atoms with van der Waals surface area (Å²) in [5.74, 6) is 0.548. The smallest absolute Gasteiger partial charge is 0.396 e. The second kappa shape index (κ2) is 5.27. The molecule has 0 spiro atoms. The molecule has 1 aromatic rings. The van der Waals surface area contributed by atoms with Gasteiger partial charge in [-0.25, -0.2) is 4.98 Å². The number of alkyl halides is 3. The number of nitrogen functional groups attached to an aromatic ring is 1. The van der Waals surface area contributed by atoms with Crippen LogP contribution < -0.4 is 10.6 Å². The lowest BCUT2D eigenvalue weighted by Crippen LogP contribution is -2.25. The van der Waals surface area contributed by atoms with Crippen molar-refractivity contribution in [2.45, 2.75) is 31.9 Å². The predicted octanol–water partition coefficient (Wildman–Crippen LogP) is 3.31. The molecular weight excluding hydrogens is 255 g/mol. The number of aromatic nitrogens is 1. The summed E-state index contributed by atoms with van der Waals surface area (Å²) in [7, 11) is 1.78. The van der Waals surface area contributed by atoms with E-state index in [1.54, 1.807) is 7.05 Å². The number of rotatable bonds is 3. The SMILES string of the molecule is CN(CC1CCCC1)c1cc(C(F)(F)F)ncc1N. The summed E-state index contributed by atoms with van der Waals surface area (Å²) in [4.78, 5) is 5.16. The standard InChI is InChI=1S/C13H18F3N3/c1-19(8-9-4-2-3-5-9)11-6-12(13(14,15)16)18-7-10(11)17/h6-7,9H,2-5,8,17H2,1H3. The highest BCUT2D eigenvalue weighted by Gasteiger charge is 2.33. The molecule has 1 heterocycles. The molecular formula is C13H18F3N3. The van der Waals surface area contributed by atoms with Crippen molar-refractivity contribution in [3.63, 3.8) is 0 Å². The summed E-state index contributed by atoms with van der Waals surface area (Å²) in [5.41, 5.74) is 5.54. The van der Waals surface area contributed by atoms with Crippen LogP contribution >= 0.6 is 0 Å². The van der Waals surface area contributed by atoms with Gasteiger partial charge in [-0.15, -0.1) is 0 Å². The van der Waals surface area contributed by atoms with Gasteiger partial charge >= 0.3 is 6.18 Å². The van der Waals surface area contributed by atoms with Crippen molar-refractivity contribution in [1.82, 2.24) is 4.98 Å². The molecule has 0 amide bonds. The van der Waals surface area contributed by atoms with Crippen LogP contribution in [0, 0.1) is 5.92 Å². The minimum absolute atomic E-state index is 0.286. The second-order valence-electron chi connectivity index (χ2n) is 5.16. The molecule has 1 aliphatic rings. The first-order valence-electron chi connectivity index (χ1n) is 6.42. The Morgan fingerprint density at radius 2 is 2.00 bits per heavy atom. The van der Waals surface area contributed by atoms with Crippen LogP contribution in [-0.4, -0.2) is 18.6 Å². The molecule has 1 aromatic heterocycles. The van der Waals surface area contributed by atoms with Gasteiger partial charge in [0.1, 0.15) is 5.69 Å². The highest BCUT2D eigenvalue weighted by molar-refractivity contribution is 5.66. The third-order valence-corrected chi connectivity index (χ3v) is 3.62. The molecule has 0 aromatic carbocycles. The van der Waals surface area contributed by atoms with E-state index in [1.807, 2.05) is 4.90 Å². The summed E-state index contributed by atoms with van der Waals surface area (Å²) in [6, 6.07) is 1.03. The maximum absolute atomic E-state index is 12.6. The first-order chi connectivity index (χ1) is 8.88. The molecule has 2 rings (SSSR count). The fourth-order valence-corrected chi connectivity index (χ4v) is 2.62. The van der Waals surface area contributed by atoms with Gasteiger partial charge in [0.2, 0.25) is 0 Å². The van der Waals surface area contributed by atoms with E-state index in [4.69, 9.17) is 5.73 Å². The van der Waals surface area contributed by atoms with Crippen LogP contribution in [0.3, 0.4) is 0 Å². The Balaban J connectivity index is 2.17. The summed E-state index contributed by atoms with van der Waals surface area (Å²) < 4.78 is 37.9. The quantitative estimate of drug-likeness (QED) is 0.918.